The number of benzene rings is 2. The van der Waals surface area contributed by atoms with E-state index in [0.29, 0.717) is 23.6 Å². The molecule has 4 aromatic rings. The molecule has 30 heavy (non-hydrogen) atoms. The van der Waals surface area contributed by atoms with Crippen molar-refractivity contribution >= 4 is 22.7 Å². The molecule has 0 saturated carbocycles. The molecule has 0 saturated heterocycles. The maximum Gasteiger partial charge on any atom is 0.306 e. The Hall–Kier alpha value is -3.67. The topological polar surface area (TPSA) is 85.2 Å². The van der Waals surface area contributed by atoms with E-state index in [1.807, 2.05) is 62.4 Å². The number of aryl methyl sites for hydroxylation is 3. The smallest absolute Gasteiger partial charge is 0.306 e. The van der Waals surface area contributed by atoms with Crippen molar-refractivity contribution in [2.24, 2.45) is 0 Å². The lowest BCUT2D eigenvalue weighted by Crippen LogP contribution is -2.15. The van der Waals surface area contributed by atoms with Gasteiger partial charge >= 0.3 is 5.97 Å². The van der Waals surface area contributed by atoms with E-state index in [4.69, 9.17) is 9.15 Å². The highest BCUT2D eigenvalue weighted by Crippen LogP contribution is 2.23. The second kappa shape index (κ2) is 8.37. The van der Waals surface area contributed by atoms with Crippen LogP contribution >= 0.6 is 0 Å². The summed E-state index contributed by atoms with van der Waals surface area (Å²) in [7, 11) is 0. The van der Waals surface area contributed by atoms with Gasteiger partial charge in [-0.15, -0.1) is 0 Å². The largest absolute Gasteiger partial charge is 0.457 e. The average molecular weight is 402 g/mol. The van der Waals surface area contributed by atoms with Crippen molar-refractivity contribution in [3.05, 3.63) is 77.4 Å². The molecule has 0 aliphatic heterocycles. The molecule has 4 rings (SSSR count). The van der Waals surface area contributed by atoms with Crippen LogP contribution in [0.25, 0.3) is 22.2 Å². The minimum Gasteiger partial charge on any atom is -0.457 e. The molecule has 1 N–H and O–H groups in total. The number of nitrogens with one attached hydrogen (secondary N) is 1. The molecule has 0 aliphatic carbocycles. The molecule has 0 amide bonds. The minimum atomic E-state index is -0.462. The van der Waals surface area contributed by atoms with Crippen LogP contribution < -0.4 is 0 Å². The molecule has 0 spiro atoms. The van der Waals surface area contributed by atoms with Gasteiger partial charge in [0.25, 0.3) is 0 Å². The van der Waals surface area contributed by atoms with Crippen LogP contribution in [0.5, 0.6) is 0 Å². The number of Topliss-reactive ketones (excluding diaryl/α,β-unsaturated/α-hetero) is 1. The SMILES string of the molecule is Cc1ccc(-c2cnc(CCC(=O)OCC(=O)c3c(C)[nH]c4ccccc34)o2)cc1. The number of carbonyl (C=O) groups is 2. The number of ether oxygens (including phenoxy) is 1. The first kappa shape index (κ1) is 19.6. The van der Waals surface area contributed by atoms with E-state index >= 15 is 0 Å². The van der Waals surface area contributed by atoms with Crippen LogP contribution in [-0.2, 0) is 16.0 Å². The van der Waals surface area contributed by atoms with Gasteiger partial charge in [-0.2, -0.15) is 0 Å². The van der Waals surface area contributed by atoms with Gasteiger partial charge in [-0.05, 0) is 19.9 Å². The lowest BCUT2D eigenvalue weighted by Gasteiger charge is -2.04. The zero-order valence-corrected chi connectivity index (χ0v) is 16.9. The maximum absolute atomic E-state index is 12.6. The first-order valence-corrected chi connectivity index (χ1v) is 9.79. The van der Waals surface area contributed by atoms with Gasteiger partial charge in [0.05, 0.1) is 12.6 Å². The summed E-state index contributed by atoms with van der Waals surface area (Å²) in [5.41, 5.74) is 4.31. The van der Waals surface area contributed by atoms with Crippen molar-refractivity contribution in [1.29, 1.82) is 0 Å². The number of esters is 1. The number of ketones is 1. The predicted octanol–water partition coefficient (Wildman–Crippen LogP) is 4.80. The Balaban J connectivity index is 1.31. The quantitative estimate of drug-likeness (QED) is 0.355. The number of para-hydroxylation sites is 1. The molecule has 2 heterocycles. The van der Waals surface area contributed by atoms with Crippen LogP contribution in [0.15, 0.2) is 59.1 Å². The number of rotatable bonds is 7. The average Bonchev–Trinajstić information content (AvgIpc) is 3.34. The molecule has 152 valence electrons. The molecule has 6 heteroatoms. The number of aromatic amines is 1. The summed E-state index contributed by atoms with van der Waals surface area (Å²) in [4.78, 5) is 32.1. The van der Waals surface area contributed by atoms with E-state index in [2.05, 4.69) is 9.97 Å². The van der Waals surface area contributed by atoms with Gasteiger partial charge in [0.15, 0.2) is 18.3 Å². The normalized spacial score (nSPS) is 11.0. The maximum atomic E-state index is 12.6. The Morgan fingerprint density at radius 2 is 1.83 bits per heavy atom. The third kappa shape index (κ3) is 4.17. The third-order valence-corrected chi connectivity index (χ3v) is 4.97. The van der Waals surface area contributed by atoms with Gasteiger partial charge in [-0.3, -0.25) is 9.59 Å². The van der Waals surface area contributed by atoms with E-state index in [1.54, 1.807) is 6.20 Å². The predicted molar refractivity (Wildman–Crippen MR) is 113 cm³/mol. The number of aromatic nitrogens is 2. The summed E-state index contributed by atoms with van der Waals surface area (Å²) in [5, 5.41) is 0.833. The van der Waals surface area contributed by atoms with Gasteiger partial charge in [-0.1, -0.05) is 48.0 Å². The van der Waals surface area contributed by atoms with Gasteiger partial charge < -0.3 is 14.1 Å². The first-order valence-electron chi connectivity index (χ1n) is 9.79. The summed E-state index contributed by atoms with van der Waals surface area (Å²) < 4.78 is 10.9. The zero-order valence-electron chi connectivity index (χ0n) is 16.9. The second-order valence-corrected chi connectivity index (χ2v) is 7.24. The Morgan fingerprint density at radius 3 is 2.63 bits per heavy atom. The Kier molecular flexibility index (Phi) is 5.48. The number of fused-ring (bicyclic) bond motifs is 1. The van der Waals surface area contributed by atoms with E-state index in [0.717, 1.165) is 22.2 Å². The summed E-state index contributed by atoms with van der Waals surface area (Å²) in [6.07, 6.45) is 2.05. The fourth-order valence-electron chi connectivity index (χ4n) is 3.41. The highest BCUT2D eigenvalue weighted by atomic mass is 16.5. The first-order chi connectivity index (χ1) is 14.5. The standard InChI is InChI=1S/C24H22N2O4/c1-15-7-9-17(10-8-15)21-13-25-22(30-21)11-12-23(28)29-14-20(27)24-16(2)26-19-6-4-3-5-18(19)24/h3-10,13,26H,11-12,14H2,1-2H3. The van der Waals surface area contributed by atoms with E-state index in [9.17, 15) is 9.59 Å². The molecular weight excluding hydrogens is 380 g/mol. The summed E-state index contributed by atoms with van der Waals surface area (Å²) in [6.45, 7) is 3.57. The fraction of sp³-hybridized carbons (Fsp3) is 0.208. The second-order valence-electron chi connectivity index (χ2n) is 7.24. The molecule has 0 atom stereocenters. The minimum absolute atomic E-state index is 0.0913. The Morgan fingerprint density at radius 1 is 1.07 bits per heavy atom. The Bertz CT molecular complexity index is 1200. The van der Waals surface area contributed by atoms with Crippen LogP contribution in [0.2, 0.25) is 0 Å². The summed E-state index contributed by atoms with van der Waals surface area (Å²) in [6, 6.07) is 15.5. The van der Waals surface area contributed by atoms with Crippen molar-refractivity contribution < 1.29 is 18.7 Å². The molecule has 0 radical (unpaired) electrons. The lowest BCUT2D eigenvalue weighted by molar-refractivity contribution is -0.142. The molecule has 6 nitrogen and oxygen atoms in total. The van der Waals surface area contributed by atoms with Crippen molar-refractivity contribution in [2.45, 2.75) is 26.7 Å². The zero-order chi connectivity index (χ0) is 21.1. The number of nitrogens with zero attached hydrogens (tertiary/aromatic N) is 1. The van der Waals surface area contributed by atoms with Crippen LogP contribution in [0, 0.1) is 13.8 Å². The number of hydrogen-bond acceptors (Lipinski definition) is 5. The molecule has 0 bridgehead atoms. The lowest BCUT2D eigenvalue weighted by atomic mass is 10.1. The van der Waals surface area contributed by atoms with Crippen molar-refractivity contribution in [2.75, 3.05) is 6.61 Å². The molecule has 0 fully saturated rings. The van der Waals surface area contributed by atoms with Crippen molar-refractivity contribution in [1.82, 2.24) is 9.97 Å². The van der Waals surface area contributed by atoms with E-state index in [1.165, 1.54) is 5.56 Å². The molecule has 0 unspecified atom stereocenters. The van der Waals surface area contributed by atoms with Gasteiger partial charge in [0, 0.05) is 34.1 Å². The summed E-state index contributed by atoms with van der Waals surface area (Å²) >= 11 is 0. The van der Waals surface area contributed by atoms with Gasteiger partial charge in [0.2, 0.25) is 5.78 Å². The Labute approximate surface area is 173 Å². The molecule has 2 aromatic carbocycles. The molecule has 2 aromatic heterocycles. The number of carbonyl (C=O) groups excluding carboxylic acids is 2. The highest BCUT2D eigenvalue weighted by molar-refractivity contribution is 6.10. The van der Waals surface area contributed by atoms with Crippen LogP contribution in [0.3, 0.4) is 0 Å². The number of oxazole rings is 1. The van der Waals surface area contributed by atoms with Gasteiger partial charge in [-0.25, -0.2) is 4.98 Å². The van der Waals surface area contributed by atoms with Crippen molar-refractivity contribution in [3.8, 4) is 11.3 Å². The van der Waals surface area contributed by atoms with Crippen LogP contribution in [0.1, 0.15) is 33.9 Å². The summed E-state index contributed by atoms with van der Waals surface area (Å²) in [5.74, 6) is 0.427. The number of hydrogen-bond donors (Lipinski definition) is 1. The van der Waals surface area contributed by atoms with E-state index < -0.39 is 5.97 Å². The fourth-order valence-corrected chi connectivity index (χ4v) is 3.41. The van der Waals surface area contributed by atoms with Crippen molar-refractivity contribution in [3.63, 3.8) is 0 Å². The monoisotopic (exact) mass is 402 g/mol. The van der Waals surface area contributed by atoms with E-state index in [-0.39, 0.29) is 18.8 Å². The van der Waals surface area contributed by atoms with Gasteiger partial charge in [0.1, 0.15) is 0 Å². The van der Waals surface area contributed by atoms with Crippen LogP contribution in [0.4, 0.5) is 0 Å². The highest BCUT2D eigenvalue weighted by Gasteiger charge is 2.18. The van der Waals surface area contributed by atoms with Crippen LogP contribution in [-0.4, -0.2) is 28.3 Å². The molecule has 0 aliphatic rings. The molecular formula is C24H22N2O4. The third-order valence-electron chi connectivity index (χ3n) is 4.97. The number of H-pyrrole nitrogens is 1.